The van der Waals surface area contributed by atoms with Crippen molar-refractivity contribution in [3.05, 3.63) is 123 Å². The predicted octanol–water partition coefficient (Wildman–Crippen LogP) is 9.41. The fraction of sp³-hybridized carbons (Fsp3) is 0. The molecule has 4 rings (SSSR count). The number of carbonyl (C=O) groups excluding carboxylic acids is 3. The number of nitro groups is 1. The lowest BCUT2D eigenvalue weighted by molar-refractivity contribution is -0.384. The zero-order valence-corrected chi connectivity index (χ0v) is 25.4. The smallest absolute Gasteiger partial charge is 0.295 e. The molecule has 0 aromatic heterocycles. The molecular weight excluding hydrogens is 692 g/mol. The van der Waals surface area contributed by atoms with Crippen molar-refractivity contribution in [1.29, 1.82) is 0 Å². The van der Waals surface area contributed by atoms with E-state index >= 15 is 0 Å². The highest BCUT2D eigenvalue weighted by Gasteiger charge is 2.22. The van der Waals surface area contributed by atoms with E-state index in [9.17, 15) is 28.9 Å². The van der Waals surface area contributed by atoms with E-state index in [0.717, 1.165) is 24.3 Å². The minimum Gasteiger partial charge on any atom is -0.321 e. The quantitative estimate of drug-likeness (QED) is 0.100. The molecule has 0 aliphatic rings. The first-order chi connectivity index (χ1) is 20.2. The molecule has 0 aliphatic carbocycles. The Morgan fingerprint density at radius 2 is 0.930 bits per heavy atom. The zero-order chi connectivity index (χ0) is 31.6. The number of halogens is 7. The van der Waals surface area contributed by atoms with Gasteiger partial charge in [0.25, 0.3) is 23.4 Å². The first-order valence-electron chi connectivity index (χ1n) is 11.6. The number of amides is 3. The van der Waals surface area contributed by atoms with Crippen LogP contribution in [0.4, 0.5) is 27.1 Å². The molecule has 0 bridgehead atoms. The zero-order valence-electron chi connectivity index (χ0n) is 20.9. The molecule has 4 aromatic rings. The van der Waals surface area contributed by atoms with Gasteiger partial charge < -0.3 is 16.0 Å². The Bertz CT molecular complexity index is 1750. The lowest BCUT2D eigenvalue weighted by Crippen LogP contribution is -2.20. The summed E-state index contributed by atoms with van der Waals surface area (Å²) in [5.74, 6) is -3.49. The SMILES string of the molecule is O=C(Nc1cc(Cl)c(Cl)cc1Cl)c1cc(C(=O)Nc2cc(Cl)c(Cl)cc2Cl)cc(C(=O)Nc2ccc(F)cc2[N+](=O)[O-])c1. The monoisotopic (exact) mass is 702 g/mol. The van der Waals surface area contributed by atoms with E-state index in [1.807, 2.05) is 0 Å². The summed E-state index contributed by atoms with van der Waals surface area (Å²) in [4.78, 5) is 50.2. The largest absolute Gasteiger partial charge is 0.321 e. The Balaban J connectivity index is 1.74. The maximum atomic E-state index is 13.6. The molecule has 16 heteroatoms. The van der Waals surface area contributed by atoms with Gasteiger partial charge in [-0.25, -0.2) is 4.39 Å². The van der Waals surface area contributed by atoms with Gasteiger partial charge in [0, 0.05) is 16.7 Å². The number of nitrogens with zero attached hydrogens (tertiary/aromatic N) is 1. The van der Waals surface area contributed by atoms with Gasteiger partial charge in [0.15, 0.2) is 0 Å². The normalized spacial score (nSPS) is 10.7. The van der Waals surface area contributed by atoms with Crippen molar-refractivity contribution >= 4 is 110 Å². The van der Waals surface area contributed by atoms with Crippen molar-refractivity contribution < 1.29 is 23.7 Å². The van der Waals surface area contributed by atoms with Crippen molar-refractivity contribution in [1.82, 2.24) is 0 Å². The van der Waals surface area contributed by atoms with E-state index in [0.29, 0.717) is 6.07 Å². The molecule has 0 fully saturated rings. The van der Waals surface area contributed by atoms with Gasteiger partial charge in [-0.05, 0) is 54.6 Å². The lowest BCUT2D eigenvalue weighted by atomic mass is 10.0. The Kier molecular flexibility index (Phi) is 10.0. The summed E-state index contributed by atoms with van der Waals surface area (Å²) in [6.07, 6.45) is 0. The lowest BCUT2D eigenvalue weighted by Gasteiger charge is -2.13. The summed E-state index contributed by atoms with van der Waals surface area (Å²) >= 11 is 36.3. The van der Waals surface area contributed by atoms with Crippen LogP contribution in [0, 0.1) is 15.9 Å². The molecule has 3 N–H and O–H groups in total. The highest BCUT2D eigenvalue weighted by molar-refractivity contribution is 6.45. The highest BCUT2D eigenvalue weighted by Crippen LogP contribution is 2.34. The van der Waals surface area contributed by atoms with Crippen LogP contribution in [-0.2, 0) is 0 Å². The number of carbonyl (C=O) groups is 3. The molecule has 0 saturated heterocycles. The van der Waals surface area contributed by atoms with Crippen LogP contribution >= 0.6 is 69.6 Å². The second-order valence-corrected chi connectivity index (χ2v) is 11.0. The molecule has 0 heterocycles. The topological polar surface area (TPSA) is 130 Å². The third-order valence-electron chi connectivity index (χ3n) is 5.64. The summed E-state index contributed by atoms with van der Waals surface area (Å²) in [6.45, 7) is 0. The molecule has 3 amide bonds. The number of benzene rings is 4. The average Bonchev–Trinajstić information content (AvgIpc) is 2.95. The van der Waals surface area contributed by atoms with Crippen LogP contribution in [-0.4, -0.2) is 22.6 Å². The summed E-state index contributed by atoms with van der Waals surface area (Å²) in [5.41, 5.74) is -1.57. The third kappa shape index (κ3) is 7.66. The van der Waals surface area contributed by atoms with Crippen LogP contribution < -0.4 is 16.0 Å². The molecule has 0 atom stereocenters. The van der Waals surface area contributed by atoms with Crippen molar-refractivity contribution in [2.75, 3.05) is 16.0 Å². The van der Waals surface area contributed by atoms with Crippen molar-refractivity contribution in [2.24, 2.45) is 0 Å². The Labute approximate surface area is 271 Å². The molecule has 0 unspecified atom stereocenters. The molecule has 0 saturated carbocycles. The number of nitro benzene ring substituents is 1. The number of anilines is 3. The molecular formula is C27H13Cl6FN4O5. The molecule has 220 valence electrons. The molecule has 4 aromatic carbocycles. The molecule has 0 aliphatic heterocycles. The van der Waals surface area contributed by atoms with Crippen LogP contribution in [0.25, 0.3) is 0 Å². The Morgan fingerprint density at radius 1 is 0.558 bits per heavy atom. The number of hydrogen-bond donors (Lipinski definition) is 3. The first-order valence-corrected chi connectivity index (χ1v) is 13.8. The van der Waals surface area contributed by atoms with Gasteiger partial charge in [-0.3, -0.25) is 24.5 Å². The van der Waals surface area contributed by atoms with Crippen molar-refractivity contribution in [3.8, 4) is 0 Å². The van der Waals surface area contributed by atoms with Gasteiger partial charge in [-0.2, -0.15) is 0 Å². The summed E-state index contributed by atoms with van der Waals surface area (Å²) < 4.78 is 13.6. The average molecular weight is 705 g/mol. The fourth-order valence-corrected chi connectivity index (χ4v) is 4.79. The Hall–Kier alpha value is -3.64. The van der Waals surface area contributed by atoms with E-state index in [4.69, 9.17) is 69.6 Å². The number of nitrogens with one attached hydrogen (secondary N) is 3. The van der Waals surface area contributed by atoms with Gasteiger partial charge in [0.2, 0.25) is 0 Å². The van der Waals surface area contributed by atoms with Crippen LogP contribution in [0.5, 0.6) is 0 Å². The summed E-state index contributed by atoms with van der Waals surface area (Å²) in [5, 5.41) is 19.3. The van der Waals surface area contributed by atoms with Crippen LogP contribution in [0.2, 0.25) is 30.1 Å². The van der Waals surface area contributed by atoms with Gasteiger partial charge in [-0.15, -0.1) is 0 Å². The van der Waals surface area contributed by atoms with Gasteiger partial charge >= 0.3 is 0 Å². The second kappa shape index (κ2) is 13.3. The van der Waals surface area contributed by atoms with E-state index in [2.05, 4.69) is 16.0 Å². The van der Waals surface area contributed by atoms with Gasteiger partial charge in [0.1, 0.15) is 11.5 Å². The standard InChI is InChI=1S/C27H13Cl6FN4O5/c28-15-7-19(32)22(9-17(15)30)36-26(40)12-3-11(25(39)35-21-2-1-14(34)6-24(21)38(42)43)4-13(5-12)27(41)37-23-10-18(31)16(29)8-20(23)33/h1-10H,(H,35,39)(H,36,40)(H,37,41). The van der Waals surface area contributed by atoms with E-state index in [1.54, 1.807) is 0 Å². The van der Waals surface area contributed by atoms with E-state index in [1.165, 1.54) is 30.3 Å². The molecule has 43 heavy (non-hydrogen) atoms. The van der Waals surface area contributed by atoms with Gasteiger partial charge in [-0.1, -0.05) is 69.6 Å². The van der Waals surface area contributed by atoms with Gasteiger partial charge in [0.05, 0.1) is 52.5 Å². The minimum atomic E-state index is -0.960. The molecule has 0 radical (unpaired) electrons. The third-order valence-corrected chi connectivity index (χ3v) is 7.71. The van der Waals surface area contributed by atoms with Crippen LogP contribution in [0.3, 0.4) is 0 Å². The molecule has 0 spiro atoms. The summed E-state index contributed by atoms with van der Waals surface area (Å²) in [6, 6.07) is 11.1. The minimum absolute atomic E-state index is 0.0486. The maximum Gasteiger partial charge on any atom is 0.295 e. The van der Waals surface area contributed by atoms with E-state index in [-0.39, 0.29) is 63.9 Å². The van der Waals surface area contributed by atoms with Crippen molar-refractivity contribution in [3.63, 3.8) is 0 Å². The maximum absolute atomic E-state index is 13.6. The second-order valence-electron chi connectivity index (χ2n) is 8.57. The predicted molar refractivity (Wildman–Crippen MR) is 166 cm³/mol. The first kappa shape index (κ1) is 32.3. The molecule has 9 nitrogen and oxygen atoms in total. The van der Waals surface area contributed by atoms with E-state index < -0.39 is 34.1 Å². The Morgan fingerprint density at radius 3 is 1.33 bits per heavy atom. The van der Waals surface area contributed by atoms with Crippen LogP contribution in [0.15, 0.2) is 60.7 Å². The summed E-state index contributed by atoms with van der Waals surface area (Å²) in [7, 11) is 0. The van der Waals surface area contributed by atoms with Crippen LogP contribution in [0.1, 0.15) is 31.1 Å². The van der Waals surface area contributed by atoms with Crippen molar-refractivity contribution in [2.45, 2.75) is 0 Å². The fourth-order valence-electron chi connectivity index (χ4n) is 3.60. The highest BCUT2D eigenvalue weighted by atomic mass is 35.5. The number of hydrogen-bond acceptors (Lipinski definition) is 5. The number of rotatable bonds is 7.